The number of hydrogen-bond donors (Lipinski definition) is 1. The minimum atomic E-state index is -0.494. The van der Waals surface area contributed by atoms with Gasteiger partial charge >= 0.3 is 0 Å². The lowest BCUT2D eigenvalue weighted by atomic mass is 10.0. The summed E-state index contributed by atoms with van der Waals surface area (Å²) < 4.78 is 0. The van der Waals surface area contributed by atoms with Crippen LogP contribution in [0.3, 0.4) is 0 Å². The molecule has 0 aliphatic rings. The number of nitrogens with two attached hydrogens (primary N) is 1. The Morgan fingerprint density at radius 3 is 2.30 bits per heavy atom. The van der Waals surface area contributed by atoms with Gasteiger partial charge < -0.3 is 10.6 Å². The lowest BCUT2D eigenvalue weighted by Crippen LogP contribution is -2.44. The van der Waals surface area contributed by atoms with Crippen molar-refractivity contribution in [1.82, 2.24) is 4.90 Å². The lowest BCUT2D eigenvalue weighted by molar-refractivity contribution is -0.133. The van der Waals surface area contributed by atoms with Crippen LogP contribution >= 0.6 is 12.4 Å². The summed E-state index contributed by atoms with van der Waals surface area (Å²) in [5, 5.41) is 0. The highest BCUT2D eigenvalue weighted by molar-refractivity contribution is 5.85. The Hall–Kier alpha value is -1.84. The minimum absolute atomic E-state index is 0. The maximum absolute atomic E-state index is 12.6. The maximum Gasteiger partial charge on any atom is 0.240 e. The molecule has 3 nitrogen and oxygen atoms in total. The van der Waals surface area contributed by atoms with Crippen molar-refractivity contribution in [2.24, 2.45) is 5.73 Å². The maximum atomic E-state index is 12.6. The first kappa shape index (κ1) is 19.2. The first-order valence-electron chi connectivity index (χ1n) is 7.74. The fourth-order valence-electron chi connectivity index (χ4n) is 2.53. The molecule has 0 aliphatic heterocycles. The van der Waals surface area contributed by atoms with Gasteiger partial charge in [0.2, 0.25) is 5.91 Å². The number of aryl methyl sites for hydroxylation is 1. The third-order valence-electron chi connectivity index (χ3n) is 3.93. The van der Waals surface area contributed by atoms with E-state index in [1.54, 1.807) is 0 Å². The van der Waals surface area contributed by atoms with Gasteiger partial charge in [-0.25, -0.2) is 0 Å². The normalized spacial score (nSPS) is 11.4. The van der Waals surface area contributed by atoms with E-state index in [0.717, 1.165) is 5.56 Å². The number of carbonyl (C=O) groups excluding carboxylic acids is 1. The molecule has 0 bridgehead atoms. The summed E-state index contributed by atoms with van der Waals surface area (Å²) in [6.07, 6.45) is 0.573. The molecule has 0 radical (unpaired) electrons. The van der Waals surface area contributed by atoms with Crippen LogP contribution in [0.1, 0.15) is 23.6 Å². The molecular formula is C19H25ClN2O. The van der Waals surface area contributed by atoms with Gasteiger partial charge in [-0.05, 0) is 37.0 Å². The van der Waals surface area contributed by atoms with Gasteiger partial charge in [-0.15, -0.1) is 12.4 Å². The summed E-state index contributed by atoms with van der Waals surface area (Å²) in [6.45, 7) is 5.34. The number of nitrogens with zero attached hydrogens (tertiary/aromatic N) is 1. The number of amides is 1. The zero-order valence-corrected chi connectivity index (χ0v) is 14.6. The van der Waals surface area contributed by atoms with Gasteiger partial charge in [0.05, 0.1) is 6.04 Å². The number of benzene rings is 2. The molecule has 2 rings (SSSR count). The topological polar surface area (TPSA) is 46.3 Å². The SMILES string of the molecule is CCN(Cc1ccccc1C)C(=O)[C@@H](N)Cc1ccccc1.Cl. The Balaban J connectivity index is 0.00000264. The average Bonchev–Trinajstić information content (AvgIpc) is 2.54. The molecule has 0 saturated heterocycles. The summed E-state index contributed by atoms with van der Waals surface area (Å²) in [6, 6.07) is 17.6. The predicted octanol–water partition coefficient (Wildman–Crippen LogP) is 3.34. The Kier molecular flexibility index (Phi) is 7.79. The van der Waals surface area contributed by atoms with Crippen molar-refractivity contribution in [3.05, 3.63) is 71.3 Å². The van der Waals surface area contributed by atoms with Crippen LogP contribution < -0.4 is 5.73 Å². The molecule has 0 saturated carbocycles. The zero-order valence-electron chi connectivity index (χ0n) is 13.7. The van der Waals surface area contributed by atoms with Crippen LogP contribution in [-0.4, -0.2) is 23.4 Å². The second kappa shape index (κ2) is 9.33. The monoisotopic (exact) mass is 332 g/mol. The van der Waals surface area contributed by atoms with E-state index in [1.165, 1.54) is 11.1 Å². The van der Waals surface area contributed by atoms with Crippen molar-refractivity contribution in [2.45, 2.75) is 32.9 Å². The van der Waals surface area contributed by atoms with Crippen LogP contribution in [0.2, 0.25) is 0 Å². The van der Waals surface area contributed by atoms with Crippen LogP contribution in [-0.2, 0) is 17.8 Å². The molecule has 2 N–H and O–H groups in total. The Morgan fingerprint density at radius 1 is 1.09 bits per heavy atom. The molecule has 124 valence electrons. The van der Waals surface area contributed by atoms with Crippen molar-refractivity contribution in [3.63, 3.8) is 0 Å². The molecule has 23 heavy (non-hydrogen) atoms. The molecule has 1 amide bonds. The van der Waals surface area contributed by atoms with Crippen LogP contribution in [0, 0.1) is 6.92 Å². The van der Waals surface area contributed by atoms with E-state index in [2.05, 4.69) is 19.1 Å². The fourth-order valence-corrected chi connectivity index (χ4v) is 2.53. The van der Waals surface area contributed by atoms with Crippen molar-refractivity contribution >= 4 is 18.3 Å². The molecule has 0 heterocycles. The van der Waals surface area contributed by atoms with E-state index in [9.17, 15) is 4.79 Å². The van der Waals surface area contributed by atoms with Crippen LogP contribution in [0.5, 0.6) is 0 Å². The third kappa shape index (κ3) is 5.38. The predicted molar refractivity (Wildman–Crippen MR) is 97.6 cm³/mol. The van der Waals surface area contributed by atoms with Gasteiger partial charge in [0.25, 0.3) is 0 Å². The van der Waals surface area contributed by atoms with E-state index in [4.69, 9.17) is 5.73 Å². The van der Waals surface area contributed by atoms with Crippen molar-refractivity contribution in [3.8, 4) is 0 Å². The van der Waals surface area contributed by atoms with Crippen molar-refractivity contribution in [2.75, 3.05) is 6.54 Å². The smallest absolute Gasteiger partial charge is 0.240 e. The van der Waals surface area contributed by atoms with E-state index in [0.29, 0.717) is 19.5 Å². The molecule has 0 spiro atoms. The second-order valence-corrected chi connectivity index (χ2v) is 5.58. The average molecular weight is 333 g/mol. The molecule has 0 aliphatic carbocycles. The Morgan fingerprint density at radius 2 is 1.70 bits per heavy atom. The number of halogens is 1. The molecule has 2 aromatic carbocycles. The lowest BCUT2D eigenvalue weighted by Gasteiger charge is -2.25. The summed E-state index contributed by atoms with van der Waals surface area (Å²) in [5.41, 5.74) is 9.59. The highest BCUT2D eigenvalue weighted by atomic mass is 35.5. The highest BCUT2D eigenvalue weighted by Crippen LogP contribution is 2.12. The molecule has 0 unspecified atom stereocenters. The number of likely N-dealkylation sites (N-methyl/N-ethyl adjacent to an activating group) is 1. The molecule has 4 heteroatoms. The molecule has 0 aromatic heterocycles. The molecule has 0 fully saturated rings. The van der Waals surface area contributed by atoms with Gasteiger partial charge in [0.15, 0.2) is 0 Å². The van der Waals surface area contributed by atoms with Crippen LogP contribution in [0.4, 0.5) is 0 Å². The summed E-state index contributed by atoms with van der Waals surface area (Å²) in [4.78, 5) is 14.4. The van der Waals surface area contributed by atoms with Gasteiger partial charge in [0, 0.05) is 13.1 Å². The molecule has 2 aromatic rings. The van der Waals surface area contributed by atoms with E-state index in [1.807, 2.05) is 54.3 Å². The van der Waals surface area contributed by atoms with Gasteiger partial charge in [-0.3, -0.25) is 4.79 Å². The highest BCUT2D eigenvalue weighted by Gasteiger charge is 2.20. The second-order valence-electron chi connectivity index (χ2n) is 5.58. The van der Waals surface area contributed by atoms with Crippen LogP contribution in [0.25, 0.3) is 0 Å². The number of rotatable bonds is 6. The Bertz CT molecular complexity index is 616. The van der Waals surface area contributed by atoms with Crippen LogP contribution in [0.15, 0.2) is 54.6 Å². The van der Waals surface area contributed by atoms with E-state index >= 15 is 0 Å². The fraction of sp³-hybridized carbons (Fsp3) is 0.316. The van der Waals surface area contributed by atoms with E-state index < -0.39 is 6.04 Å². The third-order valence-corrected chi connectivity index (χ3v) is 3.93. The van der Waals surface area contributed by atoms with E-state index in [-0.39, 0.29) is 18.3 Å². The molecule has 1 atom stereocenters. The van der Waals surface area contributed by atoms with Gasteiger partial charge in [0.1, 0.15) is 0 Å². The minimum Gasteiger partial charge on any atom is -0.337 e. The largest absolute Gasteiger partial charge is 0.337 e. The molecular weight excluding hydrogens is 308 g/mol. The first-order valence-corrected chi connectivity index (χ1v) is 7.74. The number of carbonyl (C=O) groups is 1. The summed E-state index contributed by atoms with van der Waals surface area (Å²) in [7, 11) is 0. The van der Waals surface area contributed by atoms with Crippen molar-refractivity contribution in [1.29, 1.82) is 0 Å². The standard InChI is InChI=1S/C19H24N2O.ClH/c1-3-21(14-17-12-8-7-9-15(17)2)19(22)18(20)13-16-10-5-4-6-11-16;/h4-12,18H,3,13-14,20H2,1-2H3;1H/t18-;/m0./s1. The van der Waals surface area contributed by atoms with Gasteiger partial charge in [-0.1, -0.05) is 54.6 Å². The number of hydrogen-bond acceptors (Lipinski definition) is 2. The quantitative estimate of drug-likeness (QED) is 0.882. The summed E-state index contributed by atoms with van der Waals surface area (Å²) in [5.74, 6) is 0.00889. The first-order chi connectivity index (χ1) is 10.6. The Labute approximate surface area is 144 Å². The van der Waals surface area contributed by atoms with Crippen molar-refractivity contribution < 1.29 is 4.79 Å². The zero-order chi connectivity index (χ0) is 15.9. The van der Waals surface area contributed by atoms with Gasteiger partial charge in [-0.2, -0.15) is 0 Å². The summed E-state index contributed by atoms with van der Waals surface area (Å²) >= 11 is 0.